The first-order chi connectivity index (χ1) is 11.7. The zero-order valence-corrected chi connectivity index (χ0v) is 14.5. The predicted octanol–water partition coefficient (Wildman–Crippen LogP) is 4.01. The third-order valence-electron chi connectivity index (χ3n) is 6.33. The molecular weight excluding hydrogens is 298 g/mol. The number of nitrogens with one attached hydrogen (secondary N) is 1. The molecule has 3 nitrogen and oxygen atoms in total. The lowest BCUT2D eigenvalue weighted by atomic mass is 9.52. The van der Waals surface area contributed by atoms with Crippen LogP contribution in [0.2, 0.25) is 0 Å². The average molecular weight is 325 g/mol. The molecule has 5 rings (SSSR count). The van der Waals surface area contributed by atoms with Crippen molar-refractivity contribution in [3.63, 3.8) is 0 Å². The first kappa shape index (κ1) is 15.8. The van der Waals surface area contributed by atoms with Gasteiger partial charge in [0.25, 0.3) is 0 Å². The molecule has 4 bridgehead atoms. The van der Waals surface area contributed by atoms with Crippen molar-refractivity contribution in [3.8, 4) is 0 Å². The first-order valence-corrected chi connectivity index (χ1v) is 9.10. The smallest absolute Gasteiger partial charge is 0.233 e. The highest BCUT2D eigenvalue weighted by Crippen LogP contribution is 2.57. The minimum Gasteiger partial charge on any atom is -0.468 e. The van der Waals surface area contributed by atoms with E-state index in [1.54, 1.807) is 0 Å². The fourth-order valence-corrected chi connectivity index (χ4v) is 5.46. The van der Waals surface area contributed by atoms with Gasteiger partial charge in [-0.2, -0.15) is 0 Å². The zero-order chi connectivity index (χ0) is 16.6. The molecule has 1 aromatic rings. The van der Waals surface area contributed by atoms with Crippen LogP contribution in [0.5, 0.6) is 0 Å². The van der Waals surface area contributed by atoms with Crippen molar-refractivity contribution in [2.24, 2.45) is 17.8 Å². The van der Waals surface area contributed by atoms with Gasteiger partial charge in [-0.25, -0.2) is 0 Å². The molecule has 0 radical (unpaired) electrons. The van der Waals surface area contributed by atoms with Crippen molar-refractivity contribution >= 4 is 0 Å². The molecule has 5 atom stereocenters. The van der Waals surface area contributed by atoms with Crippen molar-refractivity contribution in [2.45, 2.75) is 50.4 Å². The van der Waals surface area contributed by atoms with E-state index in [1.807, 2.05) is 25.3 Å². The van der Waals surface area contributed by atoms with Crippen LogP contribution in [0.15, 0.2) is 48.5 Å². The van der Waals surface area contributed by atoms with E-state index in [9.17, 15) is 0 Å². The van der Waals surface area contributed by atoms with Crippen molar-refractivity contribution in [1.82, 2.24) is 5.32 Å². The van der Waals surface area contributed by atoms with Crippen LogP contribution < -0.4 is 5.32 Å². The molecular formula is C21H27NO2. The minimum absolute atomic E-state index is 0.150. The summed E-state index contributed by atoms with van der Waals surface area (Å²) in [6.07, 6.45) is 6.26. The van der Waals surface area contributed by atoms with Gasteiger partial charge in [0, 0.05) is 13.2 Å². The van der Waals surface area contributed by atoms with E-state index in [-0.39, 0.29) is 5.60 Å². The van der Waals surface area contributed by atoms with Gasteiger partial charge >= 0.3 is 0 Å². The van der Waals surface area contributed by atoms with Crippen molar-refractivity contribution in [1.29, 1.82) is 0 Å². The van der Waals surface area contributed by atoms with E-state index >= 15 is 0 Å². The van der Waals surface area contributed by atoms with Gasteiger partial charge in [-0.1, -0.05) is 42.6 Å². The summed E-state index contributed by atoms with van der Waals surface area (Å²) in [5.74, 6) is 2.91. The molecule has 0 saturated heterocycles. The lowest BCUT2D eigenvalue weighted by molar-refractivity contribution is -0.157. The maximum absolute atomic E-state index is 5.94. The Balaban J connectivity index is 1.40. The van der Waals surface area contributed by atoms with Crippen LogP contribution in [0, 0.1) is 17.8 Å². The summed E-state index contributed by atoms with van der Waals surface area (Å²) in [6.45, 7) is 4.37. The highest BCUT2D eigenvalue weighted by atomic mass is 16.5. The molecule has 24 heavy (non-hydrogen) atoms. The summed E-state index contributed by atoms with van der Waals surface area (Å²) in [6, 6.07) is 10.7. The molecule has 1 aromatic carbocycles. The Bertz CT molecular complexity index is 618. The Labute approximate surface area is 144 Å². The quantitative estimate of drug-likeness (QED) is 0.633. The summed E-state index contributed by atoms with van der Waals surface area (Å²) in [5, 5.41) is 3.63. The SMILES string of the molecule is C=C=C(NC1[C@@H]2CC3C[C@H]1CC(OC)(C3)C2)OCc1ccccc1. The van der Waals surface area contributed by atoms with Gasteiger partial charge in [0.2, 0.25) is 5.88 Å². The summed E-state index contributed by atoms with van der Waals surface area (Å²) in [5.41, 5.74) is 4.27. The lowest BCUT2D eigenvalue weighted by Crippen LogP contribution is -2.61. The molecule has 128 valence electrons. The second kappa shape index (κ2) is 6.31. The highest BCUT2D eigenvalue weighted by molar-refractivity contribution is 5.14. The second-order valence-electron chi connectivity index (χ2n) is 7.81. The van der Waals surface area contributed by atoms with Gasteiger partial charge in [-0.3, -0.25) is 0 Å². The molecule has 4 saturated carbocycles. The standard InChI is InChI=1S/C21H27NO2/c1-3-19(24-14-15-7-5-4-6-8-15)22-20-17-9-16-10-18(20)13-21(11-16,12-17)23-2/h4-8,16-18,20,22H,1,9-14H2,2H3/t16?,17-,18+,20?,21?. The van der Waals surface area contributed by atoms with E-state index in [2.05, 4.69) is 29.8 Å². The summed E-state index contributed by atoms with van der Waals surface area (Å²) >= 11 is 0. The van der Waals surface area contributed by atoms with Crippen LogP contribution in [0.25, 0.3) is 0 Å². The number of ether oxygens (including phenoxy) is 2. The van der Waals surface area contributed by atoms with E-state index in [4.69, 9.17) is 9.47 Å². The van der Waals surface area contributed by atoms with Crippen LogP contribution in [-0.4, -0.2) is 18.8 Å². The second-order valence-corrected chi connectivity index (χ2v) is 7.81. The largest absolute Gasteiger partial charge is 0.468 e. The summed E-state index contributed by atoms with van der Waals surface area (Å²) < 4.78 is 11.9. The van der Waals surface area contributed by atoms with Crippen LogP contribution in [0.1, 0.15) is 37.7 Å². The molecule has 0 aliphatic heterocycles. The minimum atomic E-state index is 0.150. The Kier molecular flexibility index (Phi) is 4.15. The Morgan fingerprint density at radius 1 is 1.21 bits per heavy atom. The third-order valence-corrected chi connectivity index (χ3v) is 6.33. The van der Waals surface area contributed by atoms with Gasteiger partial charge < -0.3 is 14.8 Å². The topological polar surface area (TPSA) is 30.5 Å². The van der Waals surface area contributed by atoms with E-state index < -0.39 is 0 Å². The summed E-state index contributed by atoms with van der Waals surface area (Å²) in [4.78, 5) is 0. The molecule has 4 fully saturated rings. The predicted molar refractivity (Wildman–Crippen MR) is 94.1 cm³/mol. The zero-order valence-electron chi connectivity index (χ0n) is 14.5. The maximum atomic E-state index is 5.94. The van der Waals surface area contributed by atoms with Gasteiger partial charge in [-0.15, -0.1) is 0 Å². The number of methoxy groups -OCH3 is 1. The average Bonchev–Trinajstić information content (AvgIpc) is 2.61. The lowest BCUT2D eigenvalue weighted by Gasteiger charge is -2.59. The van der Waals surface area contributed by atoms with Gasteiger partial charge in [0.1, 0.15) is 6.61 Å². The molecule has 3 unspecified atom stereocenters. The normalized spacial score (nSPS) is 36.2. The number of hydrogen-bond acceptors (Lipinski definition) is 3. The maximum Gasteiger partial charge on any atom is 0.233 e. The monoisotopic (exact) mass is 325 g/mol. The van der Waals surface area contributed by atoms with Crippen LogP contribution in [0.4, 0.5) is 0 Å². The Morgan fingerprint density at radius 2 is 1.92 bits per heavy atom. The Hall–Kier alpha value is -1.70. The molecule has 0 spiro atoms. The fourth-order valence-electron chi connectivity index (χ4n) is 5.46. The fraction of sp³-hybridized carbons (Fsp3) is 0.571. The van der Waals surface area contributed by atoms with Crippen LogP contribution >= 0.6 is 0 Å². The Morgan fingerprint density at radius 3 is 2.54 bits per heavy atom. The van der Waals surface area contributed by atoms with Crippen molar-refractivity contribution < 1.29 is 9.47 Å². The molecule has 0 heterocycles. The van der Waals surface area contributed by atoms with Crippen LogP contribution in [0.3, 0.4) is 0 Å². The molecule has 0 aromatic heterocycles. The molecule has 4 aliphatic carbocycles. The van der Waals surface area contributed by atoms with E-state index in [0.717, 1.165) is 11.5 Å². The highest BCUT2D eigenvalue weighted by Gasteiger charge is 2.55. The molecule has 1 N–H and O–H groups in total. The molecule has 3 heteroatoms. The van der Waals surface area contributed by atoms with Crippen LogP contribution in [-0.2, 0) is 16.1 Å². The van der Waals surface area contributed by atoms with Crippen molar-refractivity contribution in [3.05, 3.63) is 54.1 Å². The summed E-state index contributed by atoms with van der Waals surface area (Å²) in [7, 11) is 1.90. The number of rotatable bonds is 6. The van der Waals surface area contributed by atoms with E-state index in [0.29, 0.717) is 30.4 Å². The first-order valence-electron chi connectivity index (χ1n) is 9.10. The molecule has 0 amide bonds. The molecule has 4 aliphatic rings. The van der Waals surface area contributed by atoms with Gasteiger partial charge in [0.15, 0.2) is 0 Å². The number of hydrogen-bond donors (Lipinski definition) is 1. The third kappa shape index (κ3) is 2.87. The van der Waals surface area contributed by atoms with Gasteiger partial charge in [-0.05, 0) is 55.4 Å². The van der Waals surface area contributed by atoms with Gasteiger partial charge in [0.05, 0.1) is 5.60 Å². The van der Waals surface area contributed by atoms with E-state index in [1.165, 1.54) is 32.1 Å². The van der Waals surface area contributed by atoms with Crippen molar-refractivity contribution in [2.75, 3.05) is 7.11 Å². The number of benzene rings is 1.